The molecule has 0 aliphatic rings. The topological polar surface area (TPSA) is 168 Å². The van der Waals surface area contributed by atoms with Crippen molar-refractivity contribution in [3.63, 3.8) is 0 Å². The highest BCUT2D eigenvalue weighted by molar-refractivity contribution is 7.85. The van der Waals surface area contributed by atoms with E-state index in [-0.39, 0.29) is 33.6 Å². The molecule has 0 aliphatic carbocycles. The van der Waals surface area contributed by atoms with Crippen LogP contribution in [0.15, 0.2) is 63.7 Å². The Bertz CT molecular complexity index is 1190. The van der Waals surface area contributed by atoms with Crippen molar-refractivity contribution in [1.29, 1.82) is 0 Å². The van der Waals surface area contributed by atoms with Crippen LogP contribution in [0, 0.1) is 10.1 Å². The van der Waals surface area contributed by atoms with E-state index >= 15 is 0 Å². The zero-order valence-corrected chi connectivity index (χ0v) is 14.3. The molecule has 0 heterocycles. The third kappa shape index (κ3) is 3.68. The van der Waals surface area contributed by atoms with Gasteiger partial charge in [-0.1, -0.05) is 0 Å². The average Bonchev–Trinajstić information content (AvgIpc) is 2.60. The van der Waals surface area contributed by atoms with Crippen LogP contribution in [-0.4, -0.2) is 23.0 Å². The first-order valence-corrected chi connectivity index (χ1v) is 8.80. The summed E-state index contributed by atoms with van der Waals surface area (Å²) in [6, 6.07) is 10.2. The number of anilines is 1. The summed E-state index contributed by atoms with van der Waals surface area (Å²) in [5.74, 6) is -0.382. The predicted octanol–water partition coefficient (Wildman–Crippen LogP) is 3.70. The van der Waals surface area contributed by atoms with Crippen molar-refractivity contribution >= 4 is 43.6 Å². The molecule has 0 aliphatic heterocycles. The van der Waals surface area contributed by atoms with Crippen molar-refractivity contribution in [3.05, 3.63) is 58.6 Å². The second-order valence-electron chi connectivity index (χ2n) is 5.49. The predicted molar refractivity (Wildman–Crippen MR) is 97.1 cm³/mol. The Kier molecular flexibility index (Phi) is 4.47. The molecule has 0 fully saturated rings. The molecule has 0 unspecified atom stereocenters. The highest BCUT2D eigenvalue weighted by Crippen LogP contribution is 2.39. The SMILES string of the molecule is Nc1ccc2c(O)cc(S(=O)(=O)O)cc2c1N=Nc1ccc([N+](=O)[O-])cc1. The first kappa shape index (κ1) is 18.2. The fourth-order valence-electron chi connectivity index (χ4n) is 2.40. The molecule has 3 rings (SSSR count). The van der Waals surface area contributed by atoms with Gasteiger partial charge in [0.15, 0.2) is 0 Å². The van der Waals surface area contributed by atoms with Gasteiger partial charge in [0.25, 0.3) is 15.8 Å². The van der Waals surface area contributed by atoms with Crippen LogP contribution in [0.25, 0.3) is 10.8 Å². The standard InChI is InChI=1S/C16H12N4O6S/c17-14-6-5-12-13(7-11(8-15(12)21)27(24,25)26)16(14)19-18-9-1-3-10(4-2-9)20(22)23/h1-8,21H,17H2,(H,24,25,26). The minimum Gasteiger partial charge on any atom is -0.507 e. The van der Waals surface area contributed by atoms with E-state index in [1.807, 2.05) is 0 Å². The molecule has 11 heteroatoms. The van der Waals surface area contributed by atoms with Crippen LogP contribution in [0.4, 0.5) is 22.7 Å². The lowest BCUT2D eigenvalue weighted by Gasteiger charge is -2.08. The molecular weight excluding hydrogens is 376 g/mol. The Hall–Kier alpha value is -3.57. The molecule has 0 spiro atoms. The number of nitro groups is 1. The number of phenols is 1. The Labute approximate surface area is 152 Å². The van der Waals surface area contributed by atoms with Gasteiger partial charge < -0.3 is 10.8 Å². The summed E-state index contributed by atoms with van der Waals surface area (Å²) in [7, 11) is -4.56. The Morgan fingerprint density at radius 2 is 1.67 bits per heavy atom. The van der Waals surface area contributed by atoms with Crippen molar-refractivity contribution in [2.75, 3.05) is 5.73 Å². The third-order valence-electron chi connectivity index (χ3n) is 3.71. The molecule has 0 radical (unpaired) electrons. The van der Waals surface area contributed by atoms with Crippen molar-refractivity contribution in [3.8, 4) is 5.75 Å². The summed E-state index contributed by atoms with van der Waals surface area (Å²) in [6.07, 6.45) is 0. The summed E-state index contributed by atoms with van der Waals surface area (Å²) < 4.78 is 32.0. The van der Waals surface area contributed by atoms with E-state index in [2.05, 4.69) is 10.2 Å². The lowest BCUT2D eigenvalue weighted by Crippen LogP contribution is -1.98. The van der Waals surface area contributed by atoms with Gasteiger partial charge in [0.2, 0.25) is 0 Å². The van der Waals surface area contributed by atoms with Gasteiger partial charge >= 0.3 is 0 Å². The van der Waals surface area contributed by atoms with E-state index in [9.17, 15) is 28.2 Å². The lowest BCUT2D eigenvalue weighted by atomic mass is 10.1. The zero-order chi connectivity index (χ0) is 19.8. The number of azo groups is 1. The first-order chi connectivity index (χ1) is 12.7. The number of fused-ring (bicyclic) bond motifs is 1. The average molecular weight is 388 g/mol. The maximum Gasteiger partial charge on any atom is 0.294 e. The van der Waals surface area contributed by atoms with Crippen LogP contribution in [0.1, 0.15) is 0 Å². The number of rotatable bonds is 4. The molecule has 0 aromatic heterocycles. The second kappa shape index (κ2) is 6.63. The summed E-state index contributed by atoms with van der Waals surface area (Å²) in [5.41, 5.74) is 6.30. The molecule has 27 heavy (non-hydrogen) atoms. The number of hydrogen-bond acceptors (Lipinski definition) is 8. The van der Waals surface area contributed by atoms with Crippen molar-refractivity contribution in [2.45, 2.75) is 4.90 Å². The molecule has 0 saturated carbocycles. The number of benzene rings is 3. The van der Waals surface area contributed by atoms with Crippen LogP contribution in [0.5, 0.6) is 5.75 Å². The molecule has 0 saturated heterocycles. The normalized spacial score (nSPS) is 11.9. The molecule has 3 aromatic carbocycles. The third-order valence-corrected chi connectivity index (χ3v) is 4.55. The van der Waals surface area contributed by atoms with Crippen LogP contribution in [0.2, 0.25) is 0 Å². The highest BCUT2D eigenvalue weighted by Gasteiger charge is 2.16. The van der Waals surface area contributed by atoms with Crippen molar-refractivity contribution < 1.29 is 23.0 Å². The minimum atomic E-state index is -4.56. The van der Waals surface area contributed by atoms with Gasteiger partial charge in [-0.05, 0) is 30.3 Å². The maximum atomic E-state index is 11.4. The van der Waals surface area contributed by atoms with Gasteiger partial charge in [-0.3, -0.25) is 14.7 Å². The molecule has 10 nitrogen and oxygen atoms in total. The van der Waals surface area contributed by atoms with Crippen LogP contribution in [0.3, 0.4) is 0 Å². The monoisotopic (exact) mass is 388 g/mol. The van der Waals surface area contributed by atoms with Crippen LogP contribution < -0.4 is 5.73 Å². The number of nitro benzene ring substituents is 1. The van der Waals surface area contributed by atoms with E-state index in [1.165, 1.54) is 36.4 Å². The number of nitrogens with two attached hydrogens (primary N) is 1. The van der Waals surface area contributed by atoms with Gasteiger partial charge in [0.1, 0.15) is 11.4 Å². The van der Waals surface area contributed by atoms with Gasteiger partial charge in [-0.2, -0.15) is 13.5 Å². The second-order valence-corrected chi connectivity index (χ2v) is 6.91. The van der Waals surface area contributed by atoms with Gasteiger partial charge in [0.05, 0.1) is 21.2 Å². The molecular formula is C16H12N4O6S. The summed E-state index contributed by atoms with van der Waals surface area (Å²) >= 11 is 0. The number of phenolic OH excluding ortho intramolecular Hbond substituents is 1. The fraction of sp³-hybridized carbons (Fsp3) is 0. The number of non-ortho nitro benzene ring substituents is 1. The van der Waals surface area contributed by atoms with Crippen molar-refractivity contribution in [2.24, 2.45) is 10.2 Å². The zero-order valence-electron chi connectivity index (χ0n) is 13.5. The smallest absolute Gasteiger partial charge is 0.294 e. The van der Waals surface area contributed by atoms with E-state index in [0.717, 1.165) is 12.1 Å². The van der Waals surface area contributed by atoms with Gasteiger partial charge in [0, 0.05) is 29.0 Å². The molecule has 0 atom stereocenters. The Morgan fingerprint density at radius 3 is 2.26 bits per heavy atom. The number of aromatic hydroxyl groups is 1. The molecule has 4 N–H and O–H groups in total. The van der Waals surface area contributed by atoms with E-state index in [4.69, 9.17) is 5.73 Å². The van der Waals surface area contributed by atoms with Gasteiger partial charge in [-0.15, -0.1) is 5.11 Å². The number of nitrogen functional groups attached to an aromatic ring is 1. The highest BCUT2D eigenvalue weighted by atomic mass is 32.2. The van der Waals surface area contributed by atoms with E-state index < -0.39 is 19.9 Å². The minimum absolute atomic E-state index is 0.0756. The van der Waals surface area contributed by atoms with Crippen LogP contribution in [-0.2, 0) is 10.1 Å². The number of hydrogen-bond donors (Lipinski definition) is 3. The summed E-state index contributed by atoms with van der Waals surface area (Å²) in [6.45, 7) is 0. The van der Waals surface area contributed by atoms with Crippen LogP contribution >= 0.6 is 0 Å². The summed E-state index contributed by atoms with van der Waals surface area (Å²) in [4.78, 5) is 9.59. The largest absolute Gasteiger partial charge is 0.507 e. The van der Waals surface area contributed by atoms with E-state index in [0.29, 0.717) is 5.69 Å². The fourth-order valence-corrected chi connectivity index (χ4v) is 2.93. The maximum absolute atomic E-state index is 11.4. The first-order valence-electron chi connectivity index (χ1n) is 7.36. The Morgan fingerprint density at radius 1 is 1.00 bits per heavy atom. The molecule has 0 bridgehead atoms. The molecule has 0 amide bonds. The lowest BCUT2D eigenvalue weighted by molar-refractivity contribution is -0.384. The quantitative estimate of drug-likeness (QED) is 0.201. The Balaban J connectivity index is 2.14. The van der Waals surface area contributed by atoms with Crippen molar-refractivity contribution in [1.82, 2.24) is 0 Å². The van der Waals surface area contributed by atoms with E-state index in [1.54, 1.807) is 0 Å². The van der Waals surface area contributed by atoms with Gasteiger partial charge in [-0.25, -0.2) is 0 Å². The molecule has 3 aromatic rings. The summed E-state index contributed by atoms with van der Waals surface area (Å²) in [5, 5.41) is 29.1. The number of nitrogens with zero attached hydrogens (tertiary/aromatic N) is 3. The molecule has 138 valence electrons.